The summed E-state index contributed by atoms with van der Waals surface area (Å²) in [6.45, 7) is -0.267. The van der Waals surface area contributed by atoms with Crippen LogP contribution >= 0.6 is 0 Å². The van der Waals surface area contributed by atoms with Crippen molar-refractivity contribution >= 4 is 11.6 Å². The number of likely N-dealkylation sites (tertiary alicyclic amines) is 1. The largest absolute Gasteiger partial charge is 0.416 e. The Labute approximate surface area is 138 Å². The van der Waals surface area contributed by atoms with Crippen LogP contribution in [-0.2, 0) is 6.18 Å². The number of hydrogen-bond donors (Lipinski definition) is 1. The lowest BCUT2D eigenvalue weighted by Gasteiger charge is -2.16. The minimum atomic E-state index is -4.85. The van der Waals surface area contributed by atoms with E-state index >= 15 is 0 Å². The molecule has 1 heterocycles. The van der Waals surface area contributed by atoms with Crippen molar-refractivity contribution in [2.75, 3.05) is 26.2 Å². The van der Waals surface area contributed by atoms with Crippen LogP contribution in [0.5, 0.6) is 0 Å². The zero-order valence-electron chi connectivity index (χ0n) is 12.8. The first-order valence-electron chi connectivity index (χ1n) is 7.23. The second-order valence-corrected chi connectivity index (χ2v) is 5.66. The number of nitrogens with zero attached hydrogens (tertiary/aromatic N) is 2. The molecule has 1 aromatic carbocycles. The van der Waals surface area contributed by atoms with Crippen molar-refractivity contribution < 1.29 is 31.7 Å². The van der Waals surface area contributed by atoms with Gasteiger partial charge in [0, 0.05) is 43.8 Å². The summed E-state index contributed by atoms with van der Waals surface area (Å²) in [5.74, 6) is -3.73. The number of carbonyl (C=O) groups excluding carboxylic acids is 1. The normalized spacial score (nSPS) is 17.5. The van der Waals surface area contributed by atoms with E-state index in [4.69, 9.17) is 0 Å². The minimum Gasteiger partial charge on any atom is -0.351 e. The lowest BCUT2D eigenvalue weighted by Crippen LogP contribution is -2.35. The van der Waals surface area contributed by atoms with Crippen LogP contribution in [0.3, 0.4) is 0 Å². The Balaban J connectivity index is 2.03. The Hall–Kier alpha value is -2.30. The van der Waals surface area contributed by atoms with Crippen LogP contribution in [0, 0.1) is 10.1 Å². The maximum absolute atomic E-state index is 13.0. The van der Waals surface area contributed by atoms with Crippen LogP contribution in [0.2, 0.25) is 0 Å². The van der Waals surface area contributed by atoms with E-state index < -0.39 is 46.3 Å². The Kier molecular flexibility index (Phi) is 5.26. The summed E-state index contributed by atoms with van der Waals surface area (Å²) in [6, 6.07) is 1.57. The molecule has 1 aromatic rings. The predicted molar refractivity (Wildman–Crippen MR) is 76.4 cm³/mol. The molecule has 6 nitrogen and oxygen atoms in total. The zero-order chi connectivity index (χ0) is 18.8. The fourth-order valence-corrected chi connectivity index (χ4v) is 2.44. The summed E-state index contributed by atoms with van der Waals surface area (Å²) >= 11 is 0. The second-order valence-electron chi connectivity index (χ2n) is 5.66. The zero-order valence-corrected chi connectivity index (χ0v) is 12.8. The average Bonchev–Trinajstić information content (AvgIpc) is 2.85. The van der Waals surface area contributed by atoms with Gasteiger partial charge in [0.1, 0.15) is 0 Å². The summed E-state index contributed by atoms with van der Waals surface area (Å²) in [5.41, 5.74) is -2.70. The van der Waals surface area contributed by atoms with Crippen molar-refractivity contribution in [3.8, 4) is 0 Å². The molecule has 25 heavy (non-hydrogen) atoms. The number of benzene rings is 1. The molecule has 0 aromatic heterocycles. The van der Waals surface area contributed by atoms with Gasteiger partial charge < -0.3 is 5.32 Å². The number of hydrogen-bond acceptors (Lipinski definition) is 4. The highest BCUT2D eigenvalue weighted by atomic mass is 19.4. The molecule has 1 saturated heterocycles. The van der Waals surface area contributed by atoms with Crippen LogP contribution in [0.15, 0.2) is 18.2 Å². The molecule has 0 saturated carbocycles. The third-order valence-electron chi connectivity index (χ3n) is 3.68. The number of non-ortho nitro benzene ring substituents is 1. The monoisotopic (exact) mass is 367 g/mol. The molecule has 1 aliphatic heterocycles. The van der Waals surface area contributed by atoms with Gasteiger partial charge in [-0.05, 0) is 6.07 Å². The third-order valence-corrected chi connectivity index (χ3v) is 3.68. The molecule has 0 bridgehead atoms. The smallest absolute Gasteiger partial charge is 0.351 e. The van der Waals surface area contributed by atoms with Gasteiger partial charge in [0.15, 0.2) is 0 Å². The van der Waals surface area contributed by atoms with E-state index in [9.17, 15) is 36.9 Å². The van der Waals surface area contributed by atoms with Crippen LogP contribution in [0.25, 0.3) is 0 Å². The second kappa shape index (κ2) is 6.90. The van der Waals surface area contributed by atoms with Crippen molar-refractivity contribution in [2.45, 2.75) is 18.5 Å². The van der Waals surface area contributed by atoms with Gasteiger partial charge in [-0.15, -0.1) is 0 Å². The molecule has 1 aliphatic rings. The lowest BCUT2D eigenvalue weighted by atomic mass is 10.1. The first kappa shape index (κ1) is 19.0. The van der Waals surface area contributed by atoms with E-state index in [0.717, 1.165) is 6.07 Å². The average molecular weight is 367 g/mol. The van der Waals surface area contributed by atoms with Crippen molar-refractivity contribution in [3.05, 3.63) is 39.4 Å². The van der Waals surface area contributed by atoms with E-state index in [0.29, 0.717) is 12.1 Å². The number of alkyl halides is 5. The van der Waals surface area contributed by atoms with Gasteiger partial charge in [-0.2, -0.15) is 13.2 Å². The molecular weight excluding hydrogens is 353 g/mol. The van der Waals surface area contributed by atoms with Gasteiger partial charge in [-0.25, -0.2) is 8.78 Å². The maximum Gasteiger partial charge on any atom is 0.416 e. The van der Waals surface area contributed by atoms with Gasteiger partial charge in [0.25, 0.3) is 17.5 Å². The number of halogens is 5. The number of nitro groups is 1. The van der Waals surface area contributed by atoms with Crippen LogP contribution in [0.4, 0.5) is 27.6 Å². The Morgan fingerprint density at radius 2 is 2.00 bits per heavy atom. The molecule has 0 radical (unpaired) electrons. The summed E-state index contributed by atoms with van der Waals surface area (Å²) in [7, 11) is 0. The minimum absolute atomic E-state index is 0.0705. The van der Waals surface area contributed by atoms with E-state index in [-0.39, 0.29) is 26.1 Å². The fourth-order valence-electron chi connectivity index (χ4n) is 2.44. The number of nitrogens with one attached hydrogen (secondary N) is 1. The van der Waals surface area contributed by atoms with E-state index in [2.05, 4.69) is 5.32 Å². The number of nitro benzene ring substituents is 1. The molecule has 11 heteroatoms. The Bertz CT molecular complexity index is 678. The Morgan fingerprint density at radius 1 is 1.32 bits per heavy atom. The van der Waals surface area contributed by atoms with Crippen molar-refractivity contribution in [3.63, 3.8) is 0 Å². The van der Waals surface area contributed by atoms with Gasteiger partial charge in [-0.3, -0.25) is 19.8 Å². The topological polar surface area (TPSA) is 75.5 Å². The number of rotatable bonds is 5. The fraction of sp³-hybridized carbons (Fsp3) is 0.500. The summed E-state index contributed by atoms with van der Waals surface area (Å²) < 4.78 is 64.4. The van der Waals surface area contributed by atoms with Crippen molar-refractivity contribution in [2.24, 2.45) is 0 Å². The van der Waals surface area contributed by atoms with Gasteiger partial charge in [0.05, 0.1) is 17.0 Å². The van der Waals surface area contributed by atoms with Crippen molar-refractivity contribution in [1.29, 1.82) is 0 Å². The van der Waals surface area contributed by atoms with E-state index in [1.165, 1.54) is 4.90 Å². The standard InChI is InChI=1S/C14H14F5N3O3/c15-13(16)1-3-21(8-13)4-2-20-12(23)9-5-10(14(17,18)19)7-11(6-9)22(24)25/h5-7H,1-4,8H2,(H,20,23). The third kappa shape index (κ3) is 5.08. The van der Waals surface area contributed by atoms with E-state index in [1.807, 2.05) is 0 Å². The molecule has 0 atom stereocenters. The quantitative estimate of drug-likeness (QED) is 0.493. The first-order chi connectivity index (χ1) is 11.5. The first-order valence-corrected chi connectivity index (χ1v) is 7.23. The van der Waals surface area contributed by atoms with Gasteiger partial charge in [-0.1, -0.05) is 0 Å². The van der Waals surface area contributed by atoms with Crippen LogP contribution < -0.4 is 5.32 Å². The number of amides is 1. The summed E-state index contributed by atoms with van der Waals surface area (Å²) in [5, 5.41) is 13.0. The summed E-state index contributed by atoms with van der Waals surface area (Å²) in [6.07, 6.45) is -5.14. The van der Waals surface area contributed by atoms with Gasteiger partial charge in [0.2, 0.25) is 0 Å². The highest BCUT2D eigenvalue weighted by Gasteiger charge is 2.37. The molecular formula is C14H14F5N3O3. The highest BCUT2D eigenvalue weighted by Crippen LogP contribution is 2.32. The molecule has 0 aliphatic carbocycles. The lowest BCUT2D eigenvalue weighted by molar-refractivity contribution is -0.385. The molecule has 0 unspecified atom stereocenters. The molecule has 1 fully saturated rings. The highest BCUT2D eigenvalue weighted by molar-refractivity contribution is 5.95. The molecule has 0 spiro atoms. The van der Waals surface area contributed by atoms with Gasteiger partial charge >= 0.3 is 6.18 Å². The predicted octanol–water partition coefficient (Wildman–Crippen LogP) is 2.68. The Morgan fingerprint density at radius 3 is 2.52 bits per heavy atom. The summed E-state index contributed by atoms with van der Waals surface area (Å²) in [4.78, 5) is 23.0. The maximum atomic E-state index is 13.0. The van der Waals surface area contributed by atoms with Crippen LogP contribution in [0.1, 0.15) is 22.3 Å². The van der Waals surface area contributed by atoms with Crippen molar-refractivity contribution in [1.82, 2.24) is 10.2 Å². The van der Waals surface area contributed by atoms with E-state index in [1.54, 1.807) is 0 Å². The molecule has 1 amide bonds. The number of carbonyl (C=O) groups is 1. The SMILES string of the molecule is O=C(NCCN1CCC(F)(F)C1)c1cc([N+](=O)[O-])cc(C(F)(F)F)c1. The molecule has 2 rings (SSSR count). The molecule has 1 N–H and O–H groups in total. The molecule has 138 valence electrons. The van der Waals surface area contributed by atoms with Crippen LogP contribution in [-0.4, -0.2) is 47.8 Å².